The first kappa shape index (κ1) is 17.6. The maximum Gasteiger partial charge on any atom is 0.248 e. The molecule has 1 aromatic heterocycles. The zero-order chi connectivity index (χ0) is 16.7. The molecule has 0 spiro atoms. The fourth-order valence-electron chi connectivity index (χ4n) is 1.89. The molecule has 0 saturated carbocycles. The third-order valence-corrected chi connectivity index (χ3v) is 4.40. The van der Waals surface area contributed by atoms with Crippen molar-refractivity contribution >= 4 is 44.9 Å². The highest BCUT2D eigenvalue weighted by Crippen LogP contribution is 2.29. The van der Waals surface area contributed by atoms with E-state index in [2.05, 4.69) is 21.2 Å². The molecule has 4 nitrogen and oxygen atoms in total. The van der Waals surface area contributed by atoms with Crippen molar-refractivity contribution in [3.63, 3.8) is 0 Å². The molecular weight excluding hydrogens is 378 g/mol. The highest BCUT2D eigenvalue weighted by molar-refractivity contribution is 9.11. The van der Waals surface area contributed by atoms with Gasteiger partial charge in [0.15, 0.2) is 0 Å². The van der Waals surface area contributed by atoms with Crippen LogP contribution in [0.5, 0.6) is 11.5 Å². The Balaban J connectivity index is 2.11. The molecule has 0 atom stereocenters. The quantitative estimate of drug-likeness (QED) is 0.673. The number of rotatable bonds is 7. The molecule has 0 aliphatic rings. The molecule has 2 aromatic rings. The normalized spacial score (nSPS) is 10.7. The highest BCUT2D eigenvalue weighted by atomic mass is 79.9. The Labute approximate surface area is 148 Å². The Kier molecular flexibility index (Phi) is 6.67. The molecule has 0 bridgehead atoms. The Morgan fingerprint density at radius 1 is 1.22 bits per heavy atom. The average molecular weight is 396 g/mol. The summed E-state index contributed by atoms with van der Waals surface area (Å²) in [6.45, 7) is 4.90. The molecular formula is C17H18BrNO3S. The van der Waals surface area contributed by atoms with Crippen molar-refractivity contribution < 1.29 is 14.3 Å². The maximum atomic E-state index is 12.1. The molecule has 0 fully saturated rings. The van der Waals surface area contributed by atoms with Crippen LogP contribution in [-0.2, 0) is 4.79 Å². The Hall–Kier alpha value is -1.79. The van der Waals surface area contributed by atoms with Gasteiger partial charge in [-0.05, 0) is 60.1 Å². The van der Waals surface area contributed by atoms with E-state index in [4.69, 9.17) is 9.47 Å². The van der Waals surface area contributed by atoms with Gasteiger partial charge in [0.25, 0.3) is 0 Å². The van der Waals surface area contributed by atoms with E-state index in [-0.39, 0.29) is 5.91 Å². The highest BCUT2D eigenvalue weighted by Gasteiger charge is 2.08. The number of carbonyl (C=O) groups excluding carboxylic acids is 1. The lowest BCUT2D eigenvalue weighted by Crippen LogP contribution is -2.09. The van der Waals surface area contributed by atoms with E-state index >= 15 is 0 Å². The van der Waals surface area contributed by atoms with Crippen LogP contribution in [0.2, 0.25) is 0 Å². The number of thiophene rings is 1. The molecule has 1 heterocycles. The number of anilines is 1. The minimum Gasteiger partial charge on any atom is -0.494 e. The summed E-state index contributed by atoms with van der Waals surface area (Å²) < 4.78 is 12.0. The van der Waals surface area contributed by atoms with Crippen LogP contribution >= 0.6 is 27.3 Å². The number of hydrogen-bond donors (Lipinski definition) is 1. The Morgan fingerprint density at radius 3 is 2.65 bits per heavy atom. The number of benzene rings is 1. The van der Waals surface area contributed by atoms with Gasteiger partial charge in [-0.25, -0.2) is 0 Å². The van der Waals surface area contributed by atoms with Crippen molar-refractivity contribution in [1.29, 1.82) is 0 Å². The summed E-state index contributed by atoms with van der Waals surface area (Å²) in [5.41, 5.74) is 0.597. The lowest BCUT2D eigenvalue weighted by Gasteiger charge is -2.12. The van der Waals surface area contributed by atoms with Gasteiger partial charge in [0.05, 0.1) is 22.7 Å². The zero-order valence-corrected chi connectivity index (χ0v) is 15.4. The maximum absolute atomic E-state index is 12.1. The number of hydrogen-bond acceptors (Lipinski definition) is 4. The van der Waals surface area contributed by atoms with Crippen molar-refractivity contribution in [2.75, 3.05) is 18.5 Å². The zero-order valence-electron chi connectivity index (χ0n) is 13.0. The second kappa shape index (κ2) is 8.74. The predicted octanol–water partition coefficient (Wildman–Crippen LogP) is 4.96. The topological polar surface area (TPSA) is 47.6 Å². The van der Waals surface area contributed by atoms with Gasteiger partial charge in [-0.3, -0.25) is 4.79 Å². The van der Waals surface area contributed by atoms with Crippen molar-refractivity contribution in [3.8, 4) is 11.5 Å². The third-order valence-electron chi connectivity index (χ3n) is 2.81. The number of nitrogens with one attached hydrogen (secondary N) is 1. The van der Waals surface area contributed by atoms with Crippen molar-refractivity contribution in [1.82, 2.24) is 0 Å². The summed E-state index contributed by atoms with van der Waals surface area (Å²) in [6.07, 6.45) is 3.28. The minimum absolute atomic E-state index is 0.218. The number of ether oxygens (including phenoxy) is 2. The van der Waals surface area contributed by atoms with Crippen LogP contribution in [0.1, 0.15) is 18.7 Å². The van der Waals surface area contributed by atoms with Crippen molar-refractivity contribution in [2.45, 2.75) is 13.8 Å². The van der Waals surface area contributed by atoms with Crippen LogP contribution < -0.4 is 14.8 Å². The van der Waals surface area contributed by atoms with Gasteiger partial charge in [-0.15, -0.1) is 11.3 Å². The first-order valence-electron chi connectivity index (χ1n) is 7.26. The van der Waals surface area contributed by atoms with Gasteiger partial charge < -0.3 is 14.8 Å². The summed E-state index contributed by atoms with van der Waals surface area (Å²) >= 11 is 4.96. The first-order valence-corrected chi connectivity index (χ1v) is 8.87. The van der Waals surface area contributed by atoms with Gasteiger partial charge in [0.2, 0.25) is 5.91 Å². The van der Waals surface area contributed by atoms with Gasteiger partial charge >= 0.3 is 0 Å². The van der Waals surface area contributed by atoms with Crippen LogP contribution in [0.25, 0.3) is 6.08 Å². The second-order valence-corrected chi connectivity index (χ2v) is 6.98. The van der Waals surface area contributed by atoms with E-state index < -0.39 is 0 Å². The standard InChI is InChI=1S/C17H18BrNO3S/c1-3-21-12-5-8-15(22-4-2)14(11-12)19-17(20)10-7-13-6-9-16(18)23-13/h5-11H,3-4H2,1-2H3,(H,19,20)/b10-7+. The minimum atomic E-state index is -0.218. The average Bonchev–Trinajstić information content (AvgIpc) is 2.94. The second-order valence-electron chi connectivity index (χ2n) is 4.49. The van der Waals surface area contributed by atoms with E-state index in [1.54, 1.807) is 29.5 Å². The van der Waals surface area contributed by atoms with Gasteiger partial charge in [0.1, 0.15) is 11.5 Å². The smallest absolute Gasteiger partial charge is 0.248 e. The Morgan fingerprint density at radius 2 is 2.00 bits per heavy atom. The molecule has 0 aliphatic carbocycles. The molecule has 2 rings (SSSR count). The lowest BCUT2D eigenvalue weighted by molar-refractivity contribution is -0.111. The van der Waals surface area contributed by atoms with Gasteiger partial charge in [-0.2, -0.15) is 0 Å². The van der Waals surface area contributed by atoms with Crippen LogP contribution in [0.15, 0.2) is 40.2 Å². The number of halogens is 1. The summed E-state index contributed by atoms with van der Waals surface area (Å²) in [6, 6.07) is 9.27. The van der Waals surface area contributed by atoms with E-state index in [0.29, 0.717) is 30.4 Å². The Bertz CT molecular complexity index is 697. The SMILES string of the molecule is CCOc1ccc(OCC)c(NC(=O)/C=C/c2ccc(Br)s2)c1. The van der Waals surface area contributed by atoms with E-state index in [0.717, 1.165) is 8.66 Å². The molecule has 1 aromatic carbocycles. The lowest BCUT2D eigenvalue weighted by atomic mass is 10.2. The summed E-state index contributed by atoms with van der Waals surface area (Å²) in [5.74, 6) is 1.10. The molecule has 122 valence electrons. The first-order chi connectivity index (χ1) is 11.1. The van der Waals surface area contributed by atoms with Crippen molar-refractivity contribution in [3.05, 3.63) is 45.1 Å². The van der Waals surface area contributed by atoms with Crippen LogP contribution in [0.3, 0.4) is 0 Å². The summed E-state index contributed by atoms with van der Waals surface area (Å²) in [4.78, 5) is 13.1. The fraction of sp³-hybridized carbons (Fsp3) is 0.235. The third kappa shape index (κ3) is 5.41. The van der Waals surface area contributed by atoms with E-state index in [9.17, 15) is 4.79 Å². The number of amides is 1. The molecule has 0 radical (unpaired) electrons. The molecule has 0 unspecified atom stereocenters. The number of carbonyl (C=O) groups is 1. The van der Waals surface area contributed by atoms with E-state index in [1.807, 2.05) is 32.0 Å². The largest absolute Gasteiger partial charge is 0.494 e. The summed E-state index contributed by atoms with van der Waals surface area (Å²) in [7, 11) is 0. The monoisotopic (exact) mass is 395 g/mol. The van der Waals surface area contributed by atoms with Crippen LogP contribution in [0.4, 0.5) is 5.69 Å². The molecule has 1 amide bonds. The molecule has 23 heavy (non-hydrogen) atoms. The molecule has 0 saturated heterocycles. The van der Waals surface area contributed by atoms with Gasteiger partial charge in [-0.1, -0.05) is 0 Å². The molecule has 6 heteroatoms. The molecule has 1 N–H and O–H groups in total. The van der Waals surface area contributed by atoms with E-state index in [1.165, 1.54) is 6.08 Å². The van der Waals surface area contributed by atoms with Crippen molar-refractivity contribution in [2.24, 2.45) is 0 Å². The fourth-order valence-corrected chi connectivity index (χ4v) is 3.22. The molecule has 0 aliphatic heterocycles. The van der Waals surface area contributed by atoms with Crippen LogP contribution in [-0.4, -0.2) is 19.1 Å². The van der Waals surface area contributed by atoms with Gasteiger partial charge in [0, 0.05) is 17.0 Å². The predicted molar refractivity (Wildman–Crippen MR) is 98.5 cm³/mol. The summed E-state index contributed by atoms with van der Waals surface area (Å²) in [5, 5.41) is 2.83. The van der Waals surface area contributed by atoms with Crippen LogP contribution in [0, 0.1) is 0 Å².